The van der Waals surface area contributed by atoms with Crippen LogP contribution >= 0.6 is 11.3 Å². The summed E-state index contributed by atoms with van der Waals surface area (Å²) in [6, 6.07) is 3.98. The molecule has 3 rings (SSSR count). The molecule has 0 aliphatic carbocycles. The van der Waals surface area contributed by atoms with Crippen LogP contribution in [0.15, 0.2) is 29.9 Å². The van der Waals surface area contributed by atoms with Gasteiger partial charge in [-0.1, -0.05) is 19.4 Å². The maximum absolute atomic E-state index is 11.4. The number of nitrogens with zero attached hydrogens (tertiary/aromatic N) is 4. The van der Waals surface area contributed by atoms with Crippen LogP contribution < -0.4 is 0 Å². The lowest BCUT2D eigenvalue weighted by Gasteiger charge is -2.09. The zero-order valence-corrected chi connectivity index (χ0v) is 14.4. The number of carboxylic acid groups (broad SMARTS) is 1. The fourth-order valence-corrected chi connectivity index (χ4v) is 3.29. The van der Waals surface area contributed by atoms with E-state index < -0.39 is 5.97 Å². The van der Waals surface area contributed by atoms with Crippen molar-refractivity contribution in [3.05, 3.63) is 46.7 Å². The summed E-state index contributed by atoms with van der Waals surface area (Å²) in [4.78, 5) is 21.5. The van der Waals surface area contributed by atoms with Gasteiger partial charge in [-0.15, -0.1) is 11.3 Å². The SMILES string of the molecule is CCCCc1c(C(=O)O)cnn1-c1ncc(C)c(-c2cccs2)n1. The van der Waals surface area contributed by atoms with E-state index in [2.05, 4.69) is 22.0 Å². The summed E-state index contributed by atoms with van der Waals surface area (Å²) in [7, 11) is 0. The highest BCUT2D eigenvalue weighted by atomic mass is 32.1. The molecule has 0 unspecified atom stereocenters. The number of carbonyl (C=O) groups is 1. The largest absolute Gasteiger partial charge is 0.478 e. The number of rotatable bonds is 6. The van der Waals surface area contributed by atoms with Crippen LogP contribution in [0, 0.1) is 6.92 Å². The van der Waals surface area contributed by atoms with Crippen molar-refractivity contribution >= 4 is 17.3 Å². The molecule has 0 bridgehead atoms. The first-order valence-electron chi connectivity index (χ1n) is 7.80. The van der Waals surface area contributed by atoms with Crippen molar-refractivity contribution in [1.29, 1.82) is 0 Å². The summed E-state index contributed by atoms with van der Waals surface area (Å²) in [5.41, 5.74) is 2.68. The number of aromatic carboxylic acids is 1. The topological polar surface area (TPSA) is 80.9 Å². The van der Waals surface area contributed by atoms with Gasteiger partial charge in [0, 0.05) is 6.20 Å². The van der Waals surface area contributed by atoms with Gasteiger partial charge in [0.2, 0.25) is 0 Å². The third-order valence-electron chi connectivity index (χ3n) is 3.77. The van der Waals surface area contributed by atoms with E-state index >= 15 is 0 Å². The molecule has 6 nitrogen and oxygen atoms in total. The van der Waals surface area contributed by atoms with Gasteiger partial charge in [0.15, 0.2) is 0 Å². The van der Waals surface area contributed by atoms with Crippen molar-refractivity contribution < 1.29 is 9.90 Å². The van der Waals surface area contributed by atoms with Crippen molar-refractivity contribution in [2.24, 2.45) is 0 Å². The predicted molar refractivity (Wildman–Crippen MR) is 92.8 cm³/mol. The third kappa shape index (κ3) is 3.07. The molecule has 0 fully saturated rings. The van der Waals surface area contributed by atoms with E-state index in [9.17, 15) is 9.90 Å². The fraction of sp³-hybridized carbons (Fsp3) is 0.294. The van der Waals surface area contributed by atoms with E-state index in [1.165, 1.54) is 6.20 Å². The molecule has 3 heterocycles. The summed E-state index contributed by atoms with van der Waals surface area (Å²) in [5.74, 6) is -0.569. The lowest BCUT2D eigenvalue weighted by Crippen LogP contribution is -2.10. The number of carboxylic acids is 1. The fourth-order valence-electron chi connectivity index (χ4n) is 2.51. The van der Waals surface area contributed by atoms with E-state index in [0.29, 0.717) is 18.1 Å². The second-order valence-electron chi connectivity index (χ2n) is 5.50. The average molecular weight is 342 g/mol. The van der Waals surface area contributed by atoms with Crippen LogP contribution in [0.2, 0.25) is 0 Å². The van der Waals surface area contributed by atoms with E-state index in [1.54, 1.807) is 22.2 Å². The van der Waals surface area contributed by atoms with Gasteiger partial charge in [0.25, 0.3) is 5.95 Å². The number of hydrogen-bond acceptors (Lipinski definition) is 5. The average Bonchev–Trinajstić information content (AvgIpc) is 3.23. The molecule has 0 aliphatic heterocycles. The number of thiophene rings is 1. The molecular formula is C17H18N4O2S. The Bertz CT molecular complexity index is 856. The van der Waals surface area contributed by atoms with Crippen molar-refractivity contribution in [2.45, 2.75) is 33.1 Å². The summed E-state index contributed by atoms with van der Waals surface area (Å²) < 4.78 is 1.55. The Hall–Kier alpha value is -2.54. The molecule has 0 aliphatic rings. The van der Waals surface area contributed by atoms with E-state index in [1.807, 2.05) is 24.4 Å². The molecule has 0 atom stereocenters. The Morgan fingerprint density at radius 2 is 2.21 bits per heavy atom. The first kappa shape index (κ1) is 16.3. The minimum atomic E-state index is -0.974. The zero-order chi connectivity index (χ0) is 17.1. The van der Waals surface area contributed by atoms with Crippen LogP contribution in [-0.2, 0) is 6.42 Å². The quantitative estimate of drug-likeness (QED) is 0.738. The molecule has 124 valence electrons. The molecule has 3 aromatic rings. The first-order chi connectivity index (χ1) is 11.6. The van der Waals surface area contributed by atoms with Crippen molar-refractivity contribution in [3.8, 4) is 16.5 Å². The van der Waals surface area contributed by atoms with Crippen molar-refractivity contribution in [3.63, 3.8) is 0 Å². The second-order valence-corrected chi connectivity index (χ2v) is 6.45. The molecule has 0 spiro atoms. The van der Waals surface area contributed by atoms with Crippen LogP contribution in [-0.4, -0.2) is 30.8 Å². The van der Waals surface area contributed by atoms with Gasteiger partial charge in [0.1, 0.15) is 5.56 Å². The summed E-state index contributed by atoms with van der Waals surface area (Å²) >= 11 is 1.61. The molecule has 1 N–H and O–H groups in total. The Kier molecular flexibility index (Phi) is 4.71. The molecule has 7 heteroatoms. The van der Waals surface area contributed by atoms with E-state index in [-0.39, 0.29) is 5.56 Å². The molecule has 0 amide bonds. The van der Waals surface area contributed by atoms with Gasteiger partial charge in [-0.25, -0.2) is 19.4 Å². The molecule has 0 saturated carbocycles. The van der Waals surface area contributed by atoms with Crippen LogP contribution in [0.3, 0.4) is 0 Å². The molecule has 0 saturated heterocycles. The third-order valence-corrected chi connectivity index (χ3v) is 4.65. The molecule has 0 aromatic carbocycles. The standard InChI is InChI=1S/C17H18N4O2S/c1-3-4-6-13-12(16(22)23)10-19-21(13)17-18-9-11(2)15(20-17)14-7-5-8-24-14/h5,7-10H,3-4,6H2,1-2H3,(H,22,23). The normalized spacial score (nSPS) is 10.9. The molecule has 24 heavy (non-hydrogen) atoms. The number of aromatic nitrogens is 4. The van der Waals surface area contributed by atoms with Gasteiger partial charge < -0.3 is 5.11 Å². The van der Waals surface area contributed by atoms with Crippen LogP contribution in [0.1, 0.15) is 41.4 Å². The smallest absolute Gasteiger partial charge is 0.339 e. The minimum absolute atomic E-state index is 0.213. The van der Waals surface area contributed by atoms with Crippen LogP contribution in [0.5, 0.6) is 0 Å². The zero-order valence-electron chi connectivity index (χ0n) is 13.6. The highest BCUT2D eigenvalue weighted by molar-refractivity contribution is 7.13. The van der Waals surface area contributed by atoms with E-state index in [4.69, 9.17) is 0 Å². The maximum atomic E-state index is 11.4. The molecule has 0 radical (unpaired) electrons. The Morgan fingerprint density at radius 3 is 2.88 bits per heavy atom. The molecular weight excluding hydrogens is 324 g/mol. The highest BCUT2D eigenvalue weighted by Gasteiger charge is 2.19. The number of aryl methyl sites for hydroxylation is 1. The Balaban J connectivity index is 2.09. The van der Waals surface area contributed by atoms with Crippen LogP contribution in [0.4, 0.5) is 0 Å². The van der Waals surface area contributed by atoms with Crippen molar-refractivity contribution in [2.75, 3.05) is 0 Å². The Labute approximate surface area is 143 Å². The van der Waals surface area contributed by atoms with Crippen molar-refractivity contribution in [1.82, 2.24) is 19.7 Å². The summed E-state index contributed by atoms with van der Waals surface area (Å²) in [5, 5.41) is 15.6. The summed E-state index contributed by atoms with van der Waals surface area (Å²) in [6.07, 6.45) is 5.61. The Morgan fingerprint density at radius 1 is 1.38 bits per heavy atom. The van der Waals surface area contributed by atoms with Crippen LogP contribution in [0.25, 0.3) is 16.5 Å². The lowest BCUT2D eigenvalue weighted by molar-refractivity contribution is 0.0695. The van der Waals surface area contributed by atoms with Gasteiger partial charge in [-0.05, 0) is 36.8 Å². The van der Waals surface area contributed by atoms with Gasteiger partial charge in [-0.3, -0.25) is 0 Å². The predicted octanol–water partition coefficient (Wildman–Crippen LogP) is 3.74. The van der Waals surface area contributed by atoms with Gasteiger partial charge in [-0.2, -0.15) is 5.10 Å². The highest BCUT2D eigenvalue weighted by Crippen LogP contribution is 2.26. The van der Waals surface area contributed by atoms with Gasteiger partial charge >= 0.3 is 5.97 Å². The molecule has 3 aromatic heterocycles. The maximum Gasteiger partial charge on any atom is 0.339 e. The lowest BCUT2D eigenvalue weighted by atomic mass is 10.1. The van der Waals surface area contributed by atoms with Gasteiger partial charge in [0.05, 0.1) is 22.5 Å². The second kappa shape index (κ2) is 6.92. The monoisotopic (exact) mass is 342 g/mol. The first-order valence-corrected chi connectivity index (χ1v) is 8.67. The number of hydrogen-bond donors (Lipinski definition) is 1. The minimum Gasteiger partial charge on any atom is -0.478 e. The number of unbranched alkanes of at least 4 members (excludes halogenated alkanes) is 1. The van der Waals surface area contributed by atoms with E-state index in [0.717, 1.165) is 29.0 Å². The summed E-state index contributed by atoms with van der Waals surface area (Å²) in [6.45, 7) is 4.03.